The van der Waals surface area contributed by atoms with Crippen LogP contribution in [0.4, 0.5) is 0 Å². The highest BCUT2D eigenvalue weighted by atomic mass is 16.5. The summed E-state index contributed by atoms with van der Waals surface area (Å²) in [7, 11) is 0. The van der Waals surface area contributed by atoms with Crippen molar-refractivity contribution in [1.82, 2.24) is 5.32 Å². The first-order chi connectivity index (χ1) is 10.6. The van der Waals surface area contributed by atoms with Crippen LogP contribution in [0.5, 0.6) is 0 Å². The summed E-state index contributed by atoms with van der Waals surface area (Å²) in [5.41, 5.74) is 2.49. The third kappa shape index (κ3) is 2.84. The van der Waals surface area contributed by atoms with Gasteiger partial charge in [-0.2, -0.15) is 0 Å². The molecule has 2 atom stereocenters. The Hall–Kier alpha value is -2.30. The van der Waals surface area contributed by atoms with Crippen LogP contribution in [0.1, 0.15) is 30.4 Å². The summed E-state index contributed by atoms with van der Waals surface area (Å²) in [5, 5.41) is 3.17. The summed E-state index contributed by atoms with van der Waals surface area (Å²) >= 11 is 0. The van der Waals surface area contributed by atoms with Crippen molar-refractivity contribution in [1.29, 1.82) is 0 Å². The fourth-order valence-corrected chi connectivity index (χ4v) is 2.64. The van der Waals surface area contributed by atoms with Crippen LogP contribution in [0.15, 0.2) is 35.7 Å². The molecule has 0 radical (unpaired) electrons. The van der Waals surface area contributed by atoms with Gasteiger partial charge in [0.05, 0.1) is 6.61 Å². The molecule has 0 aromatic heterocycles. The number of esters is 1. The lowest BCUT2D eigenvalue weighted by Crippen LogP contribution is -2.22. The number of hydrogen-bond acceptors (Lipinski definition) is 5. The van der Waals surface area contributed by atoms with Gasteiger partial charge >= 0.3 is 5.97 Å². The molecular weight excluding hydrogens is 282 g/mol. The van der Waals surface area contributed by atoms with E-state index in [2.05, 4.69) is 36.5 Å². The number of ketones is 1. The van der Waals surface area contributed by atoms with Crippen LogP contribution >= 0.6 is 0 Å². The molecule has 0 bridgehead atoms. The molecule has 1 fully saturated rings. The zero-order chi connectivity index (χ0) is 15.7. The Morgan fingerprint density at radius 3 is 2.77 bits per heavy atom. The summed E-state index contributed by atoms with van der Waals surface area (Å²) in [6, 6.07) is 8.59. The Morgan fingerprint density at radius 1 is 1.36 bits per heavy atom. The first-order valence-corrected chi connectivity index (χ1v) is 7.50. The molecule has 1 aliphatic carbocycles. The van der Waals surface area contributed by atoms with E-state index in [9.17, 15) is 9.59 Å². The third-order valence-electron chi connectivity index (χ3n) is 3.95. The lowest BCUT2D eigenvalue weighted by atomic mass is 10.1. The number of nitrogens with one attached hydrogen (secondary N) is 1. The largest absolute Gasteiger partial charge is 0.470 e. The normalized spacial score (nSPS) is 23.3. The maximum Gasteiger partial charge on any atom is 0.347 e. The van der Waals surface area contributed by atoms with E-state index in [4.69, 9.17) is 9.47 Å². The van der Waals surface area contributed by atoms with Crippen LogP contribution < -0.4 is 5.32 Å². The van der Waals surface area contributed by atoms with Gasteiger partial charge in [-0.3, -0.25) is 4.79 Å². The first-order valence-electron chi connectivity index (χ1n) is 7.50. The Morgan fingerprint density at radius 2 is 2.09 bits per heavy atom. The Kier molecular flexibility index (Phi) is 3.88. The van der Waals surface area contributed by atoms with E-state index in [0.29, 0.717) is 5.92 Å². The zero-order valence-corrected chi connectivity index (χ0v) is 12.7. The fraction of sp³-hybridized carbons (Fsp3) is 0.412. The minimum absolute atomic E-state index is 0.0106. The Bertz CT molecular complexity index is 633. The van der Waals surface area contributed by atoms with Gasteiger partial charge < -0.3 is 14.8 Å². The van der Waals surface area contributed by atoms with E-state index in [1.165, 1.54) is 11.1 Å². The van der Waals surface area contributed by atoms with Crippen molar-refractivity contribution >= 4 is 11.8 Å². The van der Waals surface area contributed by atoms with Gasteiger partial charge in [0, 0.05) is 12.0 Å². The van der Waals surface area contributed by atoms with Crippen LogP contribution in [0.3, 0.4) is 0 Å². The van der Waals surface area contributed by atoms with Crippen molar-refractivity contribution in [2.45, 2.75) is 32.2 Å². The van der Waals surface area contributed by atoms with E-state index in [0.717, 1.165) is 6.42 Å². The number of benzene rings is 1. The summed E-state index contributed by atoms with van der Waals surface area (Å²) in [6.07, 6.45) is 0.959. The summed E-state index contributed by atoms with van der Waals surface area (Å²) < 4.78 is 10.2. The molecule has 116 valence electrons. The quantitative estimate of drug-likeness (QED) is 0.664. The van der Waals surface area contributed by atoms with Gasteiger partial charge in [0.2, 0.25) is 11.7 Å². The van der Waals surface area contributed by atoms with Gasteiger partial charge in [-0.05, 0) is 25.8 Å². The van der Waals surface area contributed by atoms with Crippen LogP contribution in [0.2, 0.25) is 0 Å². The fourth-order valence-electron chi connectivity index (χ4n) is 2.64. The van der Waals surface area contributed by atoms with Crippen molar-refractivity contribution in [3.63, 3.8) is 0 Å². The number of carbonyl (C=O) groups excluding carboxylic acids is 2. The highest BCUT2D eigenvalue weighted by molar-refractivity contribution is 6.19. The molecule has 0 spiro atoms. The molecule has 1 heterocycles. The molecule has 5 heteroatoms. The lowest BCUT2D eigenvalue weighted by Gasteiger charge is -2.08. The molecule has 2 unspecified atom stereocenters. The van der Waals surface area contributed by atoms with Gasteiger partial charge in [-0.1, -0.05) is 29.8 Å². The van der Waals surface area contributed by atoms with E-state index in [-0.39, 0.29) is 36.5 Å². The topological polar surface area (TPSA) is 64.6 Å². The molecule has 1 aliphatic heterocycles. The maximum absolute atomic E-state index is 11.8. The number of hydrogen-bond donors (Lipinski definition) is 1. The minimum atomic E-state index is -0.611. The maximum atomic E-state index is 11.8. The molecule has 3 rings (SSSR count). The van der Waals surface area contributed by atoms with Gasteiger partial charge in [0.1, 0.15) is 0 Å². The van der Waals surface area contributed by atoms with Crippen molar-refractivity contribution < 1.29 is 19.1 Å². The first kappa shape index (κ1) is 14.6. The molecule has 5 nitrogen and oxygen atoms in total. The summed E-state index contributed by atoms with van der Waals surface area (Å²) in [5.74, 6) is -0.285. The number of ether oxygens (including phenoxy) is 2. The van der Waals surface area contributed by atoms with Gasteiger partial charge in [-0.15, -0.1) is 0 Å². The lowest BCUT2D eigenvalue weighted by molar-refractivity contribution is -0.139. The van der Waals surface area contributed by atoms with E-state index >= 15 is 0 Å². The molecule has 1 saturated carbocycles. The Labute approximate surface area is 129 Å². The van der Waals surface area contributed by atoms with Crippen LogP contribution in [-0.2, 0) is 19.1 Å². The van der Waals surface area contributed by atoms with Gasteiger partial charge in [0.25, 0.3) is 0 Å². The average Bonchev–Trinajstić information content (AvgIpc) is 3.15. The number of Topliss-reactive ketones (excluding diaryl/α,β-unsaturated/α-hetero) is 1. The van der Waals surface area contributed by atoms with Gasteiger partial charge in [0.15, 0.2) is 12.2 Å². The summed E-state index contributed by atoms with van der Waals surface area (Å²) in [4.78, 5) is 23.6. The second-order valence-corrected chi connectivity index (χ2v) is 5.64. The predicted molar refractivity (Wildman–Crippen MR) is 80.1 cm³/mol. The smallest absolute Gasteiger partial charge is 0.347 e. The molecule has 1 aromatic rings. The molecule has 0 amide bonds. The van der Waals surface area contributed by atoms with Crippen molar-refractivity contribution in [3.8, 4) is 0 Å². The van der Waals surface area contributed by atoms with Gasteiger partial charge in [-0.25, -0.2) is 4.79 Å². The second kappa shape index (κ2) is 5.83. The SMILES string of the molecule is CCOC(=O)C1=C(NC2CC2c2ccc(C)cc2)OCC1=O. The molecular formula is C17H19NO4. The zero-order valence-electron chi connectivity index (χ0n) is 12.7. The van der Waals surface area contributed by atoms with Crippen LogP contribution in [0, 0.1) is 6.92 Å². The van der Waals surface area contributed by atoms with E-state index < -0.39 is 5.97 Å². The molecule has 0 saturated heterocycles. The number of rotatable bonds is 5. The average molecular weight is 301 g/mol. The van der Waals surface area contributed by atoms with Crippen LogP contribution in [0.25, 0.3) is 0 Å². The van der Waals surface area contributed by atoms with Crippen molar-refractivity contribution in [3.05, 3.63) is 46.8 Å². The highest BCUT2D eigenvalue weighted by Gasteiger charge is 2.42. The molecule has 2 aliphatic rings. The van der Waals surface area contributed by atoms with E-state index in [1.807, 2.05) is 0 Å². The molecule has 1 aromatic carbocycles. The molecule has 22 heavy (non-hydrogen) atoms. The number of carbonyl (C=O) groups is 2. The van der Waals surface area contributed by atoms with Crippen LogP contribution in [-0.4, -0.2) is 31.0 Å². The molecule has 1 N–H and O–H groups in total. The third-order valence-corrected chi connectivity index (χ3v) is 3.95. The standard InChI is InChI=1S/C17H19NO4/c1-3-21-17(20)15-14(19)9-22-16(15)18-13-8-12(13)11-6-4-10(2)5-7-11/h4-7,12-13,18H,3,8-9H2,1-2H3. The summed E-state index contributed by atoms with van der Waals surface area (Å²) in [6.45, 7) is 3.90. The van der Waals surface area contributed by atoms with E-state index in [1.54, 1.807) is 6.92 Å². The second-order valence-electron chi connectivity index (χ2n) is 5.64. The van der Waals surface area contributed by atoms with Crippen molar-refractivity contribution in [2.75, 3.05) is 13.2 Å². The monoisotopic (exact) mass is 301 g/mol. The van der Waals surface area contributed by atoms with Crippen molar-refractivity contribution in [2.24, 2.45) is 0 Å². The Balaban J connectivity index is 1.69. The number of aryl methyl sites for hydroxylation is 1. The predicted octanol–water partition coefficient (Wildman–Crippen LogP) is 1.81. The minimum Gasteiger partial charge on any atom is -0.470 e. The highest BCUT2D eigenvalue weighted by Crippen LogP contribution is 2.41.